The predicted molar refractivity (Wildman–Crippen MR) is 81.3 cm³/mol. The minimum atomic E-state index is -0.962. The smallest absolute Gasteiger partial charge is 0.326 e. The molecule has 22 heavy (non-hydrogen) atoms. The summed E-state index contributed by atoms with van der Waals surface area (Å²) in [6, 6.07) is 0.848. The standard InChI is InChI=1S/C14H13Cl2N3O3/c15-8-4-10(16)13-17-9(7-18(13)6-8)5-12(20)19-3-1-2-11(19)14(21)22/h4,6-7,11H,1-3,5H2,(H,21,22). The van der Waals surface area contributed by atoms with E-state index < -0.39 is 12.0 Å². The molecular formula is C14H13Cl2N3O3. The molecule has 0 aliphatic carbocycles. The Morgan fingerprint density at radius 3 is 2.86 bits per heavy atom. The molecule has 8 heteroatoms. The van der Waals surface area contributed by atoms with Crippen molar-refractivity contribution in [3.8, 4) is 0 Å². The summed E-state index contributed by atoms with van der Waals surface area (Å²) in [6.07, 6.45) is 4.57. The van der Waals surface area contributed by atoms with Gasteiger partial charge < -0.3 is 14.4 Å². The van der Waals surface area contributed by atoms with Crippen molar-refractivity contribution >= 4 is 40.7 Å². The summed E-state index contributed by atoms with van der Waals surface area (Å²) in [5.41, 5.74) is 1.05. The van der Waals surface area contributed by atoms with Crippen molar-refractivity contribution in [1.29, 1.82) is 0 Å². The van der Waals surface area contributed by atoms with Crippen LogP contribution in [-0.2, 0) is 16.0 Å². The molecule has 1 fully saturated rings. The lowest BCUT2D eigenvalue weighted by Gasteiger charge is -2.20. The zero-order valence-electron chi connectivity index (χ0n) is 11.5. The van der Waals surface area contributed by atoms with Crippen LogP contribution >= 0.6 is 23.2 Å². The van der Waals surface area contributed by atoms with Crippen LogP contribution in [0.4, 0.5) is 0 Å². The lowest BCUT2D eigenvalue weighted by atomic mass is 10.2. The number of fused-ring (bicyclic) bond motifs is 1. The number of halogens is 2. The van der Waals surface area contributed by atoms with E-state index in [1.54, 1.807) is 22.9 Å². The highest BCUT2D eigenvalue weighted by Gasteiger charge is 2.33. The van der Waals surface area contributed by atoms with Crippen LogP contribution in [0.5, 0.6) is 0 Å². The van der Waals surface area contributed by atoms with E-state index in [1.165, 1.54) is 4.90 Å². The van der Waals surface area contributed by atoms with Crippen molar-refractivity contribution in [3.63, 3.8) is 0 Å². The number of carboxylic acid groups (broad SMARTS) is 1. The van der Waals surface area contributed by atoms with Crippen LogP contribution in [-0.4, -0.2) is 43.9 Å². The molecule has 1 aliphatic heterocycles. The summed E-state index contributed by atoms with van der Waals surface area (Å²) in [7, 11) is 0. The van der Waals surface area contributed by atoms with Crippen LogP contribution < -0.4 is 0 Å². The highest BCUT2D eigenvalue weighted by atomic mass is 35.5. The van der Waals surface area contributed by atoms with Gasteiger partial charge in [-0.05, 0) is 18.9 Å². The number of aromatic nitrogens is 2. The Bertz CT molecular complexity index is 759. The molecule has 3 heterocycles. The molecule has 6 nitrogen and oxygen atoms in total. The Balaban J connectivity index is 1.82. The van der Waals surface area contributed by atoms with Crippen molar-refractivity contribution < 1.29 is 14.7 Å². The molecule has 1 amide bonds. The van der Waals surface area contributed by atoms with E-state index in [0.29, 0.717) is 40.8 Å². The number of carbonyl (C=O) groups is 2. The maximum atomic E-state index is 12.3. The first kappa shape index (κ1) is 15.1. The first-order chi connectivity index (χ1) is 10.5. The molecule has 1 aliphatic rings. The number of amides is 1. The van der Waals surface area contributed by atoms with Gasteiger partial charge in [0.1, 0.15) is 6.04 Å². The first-order valence-corrected chi connectivity index (χ1v) is 7.56. The van der Waals surface area contributed by atoms with Gasteiger partial charge in [-0.3, -0.25) is 4.79 Å². The SMILES string of the molecule is O=C(O)C1CCCN1C(=O)Cc1cn2cc(Cl)cc(Cl)c2n1. The van der Waals surface area contributed by atoms with Gasteiger partial charge in [0.2, 0.25) is 5.91 Å². The third kappa shape index (κ3) is 2.76. The topological polar surface area (TPSA) is 74.9 Å². The number of rotatable bonds is 3. The molecule has 0 aromatic carbocycles. The number of hydrogen-bond acceptors (Lipinski definition) is 3. The first-order valence-electron chi connectivity index (χ1n) is 6.80. The number of nitrogens with zero attached hydrogens (tertiary/aromatic N) is 3. The van der Waals surface area contributed by atoms with Gasteiger partial charge in [0.05, 0.1) is 22.2 Å². The zero-order valence-corrected chi connectivity index (χ0v) is 13.0. The van der Waals surface area contributed by atoms with Crippen LogP contribution in [0.3, 0.4) is 0 Å². The van der Waals surface area contributed by atoms with Gasteiger partial charge in [-0.25, -0.2) is 9.78 Å². The Hall–Kier alpha value is -1.79. The van der Waals surface area contributed by atoms with Crippen molar-refractivity contribution in [2.45, 2.75) is 25.3 Å². The van der Waals surface area contributed by atoms with Gasteiger partial charge in [-0.1, -0.05) is 23.2 Å². The largest absolute Gasteiger partial charge is 0.480 e. The molecular weight excluding hydrogens is 329 g/mol. The average Bonchev–Trinajstić information content (AvgIpc) is 3.04. The van der Waals surface area contributed by atoms with Crippen LogP contribution in [0.15, 0.2) is 18.5 Å². The molecule has 0 saturated carbocycles. The second-order valence-corrected chi connectivity index (χ2v) is 6.07. The Labute approximate surface area is 136 Å². The maximum Gasteiger partial charge on any atom is 0.326 e. The van der Waals surface area contributed by atoms with Crippen molar-refractivity contribution in [3.05, 3.63) is 34.2 Å². The van der Waals surface area contributed by atoms with Crippen LogP contribution in [0, 0.1) is 0 Å². The van der Waals surface area contributed by atoms with Crippen molar-refractivity contribution in [2.75, 3.05) is 6.54 Å². The van der Waals surface area contributed by atoms with E-state index in [-0.39, 0.29) is 12.3 Å². The van der Waals surface area contributed by atoms with E-state index in [0.717, 1.165) is 0 Å². The molecule has 116 valence electrons. The number of pyridine rings is 1. The Kier molecular flexibility index (Phi) is 3.97. The fourth-order valence-corrected chi connectivity index (χ4v) is 3.27. The minimum absolute atomic E-state index is 0.0411. The number of imidazole rings is 1. The highest BCUT2D eigenvalue weighted by Crippen LogP contribution is 2.23. The molecule has 0 bridgehead atoms. The lowest BCUT2D eigenvalue weighted by Crippen LogP contribution is -2.41. The second kappa shape index (κ2) is 5.78. The summed E-state index contributed by atoms with van der Waals surface area (Å²) in [5, 5.41) is 10.0. The monoisotopic (exact) mass is 341 g/mol. The average molecular weight is 342 g/mol. The zero-order chi connectivity index (χ0) is 15.9. The fourth-order valence-electron chi connectivity index (χ4n) is 2.74. The molecule has 1 N–H and O–H groups in total. The molecule has 1 unspecified atom stereocenters. The molecule has 2 aromatic heterocycles. The highest BCUT2D eigenvalue weighted by molar-refractivity contribution is 6.36. The summed E-state index contributed by atoms with van der Waals surface area (Å²) in [5.74, 6) is -1.20. The maximum absolute atomic E-state index is 12.3. The summed E-state index contributed by atoms with van der Waals surface area (Å²) in [4.78, 5) is 29.2. The third-order valence-corrected chi connectivity index (χ3v) is 4.20. The van der Waals surface area contributed by atoms with Crippen LogP contribution in [0.2, 0.25) is 10.0 Å². The molecule has 2 aromatic rings. The molecule has 1 atom stereocenters. The Morgan fingerprint density at radius 2 is 2.14 bits per heavy atom. The molecule has 0 radical (unpaired) electrons. The molecule has 3 rings (SSSR count). The number of hydrogen-bond donors (Lipinski definition) is 1. The Morgan fingerprint density at radius 1 is 1.36 bits per heavy atom. The van der Waals surface area contributed by atoms with Crippen molar-refractivity contribution in [2.24, 2.45) is 0 Å². The number of carbonyl (C=O) groups excluding carboxylic acids is 1. The van der Waals surface area contributed by atoms with Crippen LogP contribution in [0.1, 0.15) is 18.5 Å². The van der Waals surface area contributed by atoms with Gasteiger partial charge in [0, 0.05) is 18.9 Å². The summed E-state index contributed by atoms with van der Waals surface area (Å²) >= 11 is 12.0. The summed E-state index contributed by atoms with van der Waals surface area (Å²) < 4.78 is 1.66. The number of carboxylic acids is 1. The normalized spacial score (nSPS) is 18.1. The van der Waals surface area contributed by atoms with E-state index >= 15 is 0 Å². The van der Waals surface area contributed by atoms with E-state index in [9.17, 15) is 9.59 Å². The molecule has 1 saturated heterocycles. The fraction of sp³-hybridized carbons (Fsp3) is 0.357. The van der Waals surface area contributed by atoms with Gasteiger partial charge in [-0.15, -0.1) is 0 Å². The van der Waals surface area contributed by atoms with Gasteiger partial charge >= 0.3 is 5.97 Å². The van der Waals surface area contributed by atoms with E-state index in [1.807, 2.05) is 0 Å². The third-order valence-electron chi connectivity index (χ3n) is 3.71. The van der Waals surface area contributed by atoms with Gasteiger partial charge in [0.15, 0.2) is 5.65 Å². The van der Waals surface area contributed by atoms with E-state index in [4.69, 9.17) is 28.3 Å². The minimum Gasteiger partial charge on any atom is -0.480 e. The summed E-state index contributed by atoms with van der Waals surface area (Å²) in [6.45, 7) is 0.468. The van der Waals surface area contributed by atoms with Crippen LogP contribution in [0.25, 0.3) is 5.65 Å². The van der Waals surface area contributed by atoms with Crippen molar-refractivity contribution in [1.82, 2.24) is 14.3 Å². The quantitative estimate of drug-likeness (QED) is 0.928. The number of likely N-dealkylation sites (tertiary alicyclic amines) is 1. The predicted octanol–water partition coefficient (Wildman–Crippen LogP) is 2.26. The lowest BCUT2D eigenvalue weighted by molar-refractivity contribution is -0.148. The second-order valence-electron chi connectivity index (χ2n) is 5.23. The van der Waals surface area contributed by atoms with E-state index in [2.05, 4.69) is 4.98 Å². The van der Waals surface area contributed by atoms with Gasteiger partial charge in [-0.2, -0.15) is 0 Å². The molecule has 0 spiro atoms. The van der Waals surface area contributed by atoms with Gasteiger partial charge in [0.25, 0.3) is 0 Å². The number of aliphatic carboxylic acids is 1.